The summed E-state index contributed by atoms with van der Waals surface area (Å²) >= 11 is 15.0. The van der Waals surface area contributed by atoms with Crippen LogP contribution in [0.1, 0.15) is 5.56 Å². The van der Waals surface area contributed by atoms with Gasteiger partial charge in [-0.05, 0) is 12.1 Å². The number of rotatable bonds is 3. The van der Waals surface area contributed by atoms with Gasteiger partial charge in [0.15, 0.2) is 5.75 Å². The molecule has 1 aromatic rings. The van der Waals surface area contributed by atoms with Crippen molar-refractivity contribution in [1.82, 2.24) is 0 Å². The van der Waals surface area contributed by atoms with Crippen molar-refractivity contribution in [2.45, 2.75) is 0 Å². The molecule has 5 heteroatoms. The lowest BCUT2D eigenvalue weighted by atomic mass is 10.2. The van der Waals surface area contributed by atoms with Gasteiger partial charge in [0.25, 0.3) is 0 Å². The van der Waals surface area contributed by atoms with Crippen LogP contribution in [-0.2, 0) is 0 Å². The smallest absolute Gasteiger partial charge is 0.156 e. The lowest BCUT2D eigenvalue weighted by molar-refractivity contribution is 0.345. The van der Waals surface area contributed by atoms with Crippen LogP contribution in [0.15, 0.2) is 12.1 Å². The van der Waals surface area contributed by atoms with Crippen molar-refractivity contribution in [1.29, 1.82) is 5.26 Å². The highest BCUT2D eigenvalue weighted by atomic mass is 79.9. The molecule has 0 aliphatic carbocycles. The van der Waals surface area contributed by atoms with Gasteiger partial charge in [0, 0.05) is 5.33 Å². The third-order valence-electron chi connectivity index (χ3n) is 1.45. The monoisotopic (exact) mass is 293 g/mol. The summed E-state index contributed by atoms with van der Waals surface area (Å²) < 4.78 is 5.30. The Morgan fingerprint density at radius 2 is 1.93 bits per heavy atom. The molecule has 1 rings (SSSR count). The van der Waals surface area contributed by atoms with E-state index in [0.717, 1.165) is 0 Å². The van der Waals surface area contributed by atoms with Crippen LogP contribution in [0.3, 0.4) is 0 Å². The van der Waals surface area contributed by atoms with Crippen LogP contribution in [0, 0.1) is 11.3 Å². The summed E-state index contributed by atoms with van der Waals surface area (Å²) in [5.74, 6) is 0.423. The van der Waals surface area contributed by atoms with Crippen molar-refractivity contribution < 1.29 is 4.74 Å². The number of hydrogen-bond donors (Lipinski definition) is 0. The Balaban J connectivity index is 3.01. The fraction of sp³-hybridized carbons (Fsp3) is 0.222. The normalized spacial score (nSPS) is 9.57. The van der Waals surface area contributed by atoms with Crippen LogP contribution in [0.2, 0.25) is 10.0 Å². The predicted molar refractivity (Wildman–Crippen MR) is 60.5 cm³/mol. The quantitative estimate of drug-likeness (QED) is 0.798. The molecule has 0 N–H and O–H groups in total. The largest absolute Gasteiger partial charge is 0.490 e. The Morgan fingerprint density at radius 1 is 1.36 bits per heavy atom. The third-order valence-corrected chi connectivity index (χ3v) is 2.34. The Hall–Kier alpha value is -0.430. The molecule has 0 radical (unpaired) electrons. The van der Waals surface area contributed by atoms with Gasteiger partial charge in [0.2, 0.25) is 0 Å². The average molecular weight is 295 g/mol. The van der Waals surface area contributed by atoms with Crippen LogP contribution in [-0.4, -0.2) is 11.9 Å². The van der Waals surface area contributed by atoms with Crippen molar-refractivity contribution in [3.05, 3.63) is 27.7 Å². The fourth-order valence-corrected chi connectivity index (χ4v) is 1.66. The number of halogens is 3. The molecule has 74 valence electrons. The first-order chi connectivity index (χ1) is 6.69. The van der Waals surface area contributed by atoms with Crippen molar-refractivity contribution in [3.63, 3.8) is 0 Å². The van der Waals surface area contributed by atoms with Crippen molar-refractivity contribution in [2.75, 3.05) is 11.9 Å². The molecule has 0 atom stereocenters. The van der Waals surface area contributed by atoms with Gasteiger partial charge in [-0.1, -0.05) is 39.1 Å². The number of hydrogen-bond acceptors (Lipinski definition) is 2. The van der Waals surface area contributed by atoms with Crippen LogP contribution >= 0.6 is 39.1 Å². The number of benzene rings is 1. The zero-order valence-corrected chi connectivity index (χ0v) is 10.2. The summed E-state index contributed by atoms with van der Waals surface area (Å²) in [4.78, 5) is 0. The van der Waals surface area contributed by atoms with Crippen LogP contribution in [0.25, 0.3) is 0 Å². The molecule has 1 aromatic carbocycles. The number of ether oxygens (including phenoxy) is 1. The van der Waals surface area contributed by atoms with E-state index in [1.807, 2.05) is 6.07 Å². The molecule has 0 heterocycles. The lowest BCUT2D eigenvalue weighted by Crippen LogP contribution is -1.99. The Bertz CT molecular complexity index is 353. The maximum atomic E-state index is 8.64. The molecule has 0 fully saturated rings. The van der Waals surface area contributed by atoms with Gasteiger partial charge < -0.3 is 4.74 Å². The lowest BCUT2D eigenvalue weighted by Gasteiger charge is -2.08. The van der Waals surface area contributed by atoms with Crippen molar-refractivity contribution in [2.24, 2.45) is 0 Å². The van der Waals surface area contributed by atoms with E-state index in [2.05, 4.69) is 15.9 Å². The molecule has 0 aromatic heterocycles. The summed E-state index contributed by atoms with van der Waals surface area (Å²) in [6, 6.07) is 5.01. The number of nitrogens with zero attached hydrogens (tertiary/aromatic N) is 1. The van der Waals surface area contributed by atoms with E-state index >= 15 is 0 Å². The molecule has 0 saturated carbocycles. The minimum absolute atomic E-state index is 0.356. The Kier molecular flexibility index (Phi) is 4.53. The van der Waals surface area contributed by atoms with Gasteiger partial charge in [-0.3, -0.25) is 0 Å². The predicted octanol–water partition coefficient (Wildman–Crippen LogP) is 3.64. The first-order valence-corrected chi connectivity index (χ1v) is 5.64. The molecule has 14 heavy (non-hydrogen) atoms. The highest BCUT2D eigenvalue weighted by Gasteiger charge is 2.09. The number of nitriles is 1. The summed E-state index contributed by atoms with van der Waals surface area (Å²) in [6.07, 6.45) is 0. The van der Waals surface area contributed by atoms with Crippen LogP contribution in [0.4, 0.5) is 0 Å². The van der Waals surface area contributed by atoms with Crippen LogP contribution < -0.4 is 4.74 Å². The van der Waals surface area contributed by atoms with Crippen LogP contribution in [0.5, 0.6) is 5.75 Å². The first kappa shape index (κ1) is 11.6. The first-order valence-electron chi connectivity index (χ1n) is 3.77. The zero-order chi connectivity index (χ0) is 10.6. The molecular formula is C9H6BrCl2NO. The van der Waals surface area contributed by atoms with E-state index in [0.29, 0.717) is 33.3 Å². The van der Waals surface area contributed by atoms with E-state index in [4.69, 9.17) is 33.2 Å². The van der Waals surface area contributed by atoms with E-state index in [1.165, 1.54) is 12.1 Å². The molecule has 0 aliphatic rings. The highest BCUT2D eigenvalue weighted by molar-refractivity contribution is 9.09. The van der Waals surface area contributed by atoms with Crippen molar-refractivity contribution >= 4 is 39.1 Å². The summed E-state index contributed by atoms with van der Waals surface area (Å²) in [5.41, 5.74) is 0.422. The average Bonchev–Trinajstić information content (AvgIpc) is 2.16. The van der Waals surface area contributed by atoms with E-state index in [-0.39, 0.29) is 0 Å². The molecule has 0 aliphatic heterocycles. The minimum Gasteiger partial charge on any atom is -0.490 e. The van der Waals surface area contributed by atoms with Gasteiger partial charge >= 0.3 is 0 Å². The molecule has 0 amide bonds. The highest BCUT2D eigenvalue weighted by Crippen LogP contribution is 2.33. The summed E-state index contributed by atoms with van der Waals surface area (Å²) in [5, 5.41) is 10.0. The molecular weight excluding hydrogens is 289 g/mol. The van der Waals surface area contributed by atoms with E-state index < -0.39 is 0 Å². The molecule has 2 nitrogen and oxygen atoms in total. The standard InChI is InChI=1S/C9H6BrCl2NO/c10-1-2-14-9-7(11)3-6(5-13)4-8(9)12/h3-4H,1-2H2. The zero-order valence-electron chi connectivity index (χ0n) is 7.06. The maximum Gasteiger partial charge on any atom is 0.156 e. The summed E-state index contributed by atoms with van der Waals surface area (Å²) in [6.45, 7) is 0.478. The van der Waals surface area contributed by atoms with E-state index in [1.54, 1.807) is 0 Å². The Morgan fingerprint density at radius 3 is 2.36 bits per heavy atom. The molecule has 0 saturated heterocycles. The maximum absolute atomic E-state index is 8.64. The number of alkyl halides is 1. The second-order valence-corrected chi connectivity index (χ2v) is 4.03. The van der Waals surface area contributed by atoms with Gasteiger partial charge in [0.05, 0.1) is 28.3 Å². The van der Waals surface area contributed by atoms with Gasteiger partial charge in [-0.15, -0.1) is 0 Å². The Labute approximate surface area is 101 Å². The van der Waals surface area contributed by atoms with E-state index in [9.17, 15) is 0 Å². The van der Waals surface area contributed by atoms with Crippen molar-refractivity contribution in [3.8, 4) is 11.8 Å². The topological polar surface area (TPSA) is 33.0 Å². The molecule has 0 spiro atoms. The minimum atomic E-state index is 0.356. The van der Waals surface area contributed by atoms with Gasteiger partial charge in [-0.25, -0.2) is 0 Å². The second-order valence-electron chi connectivity index (χ2n) is 2.42. The molecule has 0 bridgehead atoms. The van der Waals surface area contributed by atoms with Gasteiger partial charge in [-0.2, -0.15) is 5.26 Å². The molecule has 0 unspecified atom stereocenters. The fourth-order valence-electron chi connectivity index (χ4n) is 0.903. The van der Waals surface area contributed by atoms with Gasteiger partial charge in [0.1, 0.15) is 0 Å². The summed E-state index contributed by atoms with van der Waals surface area (Å²) in [7, 11) is 0. The third kappa shape index (κ3) is 2.78. The second kappa shape index (κ2) is 5.45. The SMILES string of the molecule is N#Cc1cc(Cl)c(OCCBr)c(Cl)c1.